The summed E-state index contributed by atoms with van der Waals surface area (Å²) in [7, 11) is 0. The summed E-state index contributed by atoms with van der Waals surface area (Å²) < 4.78 is 19.4. The van der Waals surface area contributed by atoms with Crippen LogP contribution in [0.3, 0.4) is 0 Å². The van der Waals surface area contributed by atoms with Gasteiger partial charge in [-0.25, -0.2) is 9.23 Å². The van der Waals surface area contributed by atoms with E-state index in [1.807, 2.05) is 6.92 Å². The molecule has 0 heterocycles. The molecule has 1 rings (SSSR count). The molecule has 0 spiro atoms. The lowest BCUT2D eigenvalue weighted by Crippen LogP contribution is -2.27. The molecule has 0 saturated heterocycles. The number of halogens is 3. The van der Waals surface area contributed by atoms with Crippen LogP contribution in [0.2, 0.25) is 0 Å². The molecule has 0 bridgehead atoms. The maximum atomic E-state index is 13.4. The molecule has 2 nitrogen and oxygen atoms in total. The molecule has 15 heavy (non-hydrogen) atoms. The largest absolute Gasteiger partial charge is 0.362 e. The van der Waals surface area contributed by atoms with E-state index >= 15 is 0 Å². The number of benzene rings is 1. The summed E-state index contributed by atoms with van der Waals surface area (Å²) >= 11 is 8.67. The van der Waals surface area contributed by atoms with Crippen molar-refractivity contribution in [3.05, 3.63) is 34.1 Å². The second-order valence-corrected chi connectivity index (χ2v) is 4.13. The van der Waals surface area contributed by atoms with Crippen molar-refractivity contribution >= 4 is 27.7 Å². The van der Waals surface area contributed by atoms with Crippen LogP contribution in [-0.4, -0.2) is 12.8 Å². The van der Waals surface area contributed by atoms with Gasteiger partial charge >= 0.3 is 0 Å². The minimum atomic E-state index is -0.368. The normalized spacial score (nSPS) is 12.8. The first-order chi connectivity index (χ1) is 7.17. The maximum absolute atomic E-state index is 13.4. The zero-order valence-electron chi connectivity index (χ0n) is 8.27. The average Bonchev–Trinajstić information content (AvgIpc) is 2.21. The van der Waals surface area contributed by atoms with Gasteiger partial charge in [-0.2, -0.15) is 0 Å². The van der Waals surface area contributed by atoms with E-state index in [4.69, 9.17) is 16.5 Å². The van der Waals surface area contributed by atoms with Gasteiger partial charge < -0.3 is 4.74 Å². The number of ether oxygens (including phenoxy) is 1. The van der Waals surface area contributed by atoms with Crippen molar-refractivity contribution in [2.75, 3.05) is 6.61 Å². The van der Waals surface area contributed by atoms with Crippen molar-refractivity contribution < 1.29 is 9.13 Å². The average molecular weight is 297 g/mol. The molecule has 0 aliphatic carbocycles. The molecule has 1 aromatic rings. The minimum Gasteiger partial charge on any atom is -0.362 e. The van der Waals surface area contributed by atoms with Gasteiger partial charge in [0.2, 0.25) is 0 Å². The quantitative estimate of drug-likeness (QED) is 0.665. The highest BCUT2D eigenvalue weighted by Crippen LogP contribution is 2.16. The third kappa shape index (κ3) is 4.07. The van der Waals surface area contributed by atoms with Crippen molar-refractivity contribution in [3.8, 4) is 0 Å². The maximum Gasteiger partial charge on any atom is 0.127 e. The Morgan fingerprint density at radius 1 is 1.60 bits per heavy atom. The van der Waals surface area contributed by atoms with Crippen molar-refractivity contribution in [1.29, 1.82) is 0 Å². The Morgan fingerprint density at radius 3 is 2.87 bits per heavy atom. The van der Waals surface area contributed by atoms with E-state index in [-0.39, 0.29) is 12.0 Å². The van der Waals surface area contributed by atoms with Crippen LogP contribution in [0.4, 0.5) is 4.39 Å². The van der Waals surface area contributed by atoms with E-state index in [0.717, 1.165) is 4.47 Å². The van der Waals surface area contributed by atoms with E-state index in [9.17, 15) is 4.39 Å². The van der Waals surface area contributed by atoms with Crippen LogP contribution in [0.5, 0.6) is 0 Å². The SMILES string of the molecule is CCOC(Cc1ccc(Br)cc1F)NCl. The second-order valence-electron chi connectivity index (χ2n) is 2.99. The summed E-state index contributed by atoms with van der Waals surface area (Å²) in [5, 5.41) is 0. The molecule has 1 atom stereocenters. The highest BCUT2D eigenvalue weighted by Gasteiger charge is 2.11. The van der Waals surface area contributed by atoms with Gasteiger partial charge in [0, 0.05) is 17.5 Å². The van der Waals surface area contributed by atoms with Crippen molar-refractivity contribution in [3.63, 3.8) is 0 Å². The molecule has 0 aliphatic heterocycles. The molecule has 0 amide bonds. The Morgan fingerprint density at radius 2 is 2.33 bits per heavy atom. The van der Waals surface area contributed by atoms with Gasteiger partial charge in [-0.3, -0.25) is 0 Å². The highest BCUT2D eigenvalue weighted by molar-refractivity contribution is 9.10. The molecule has 1 unspecified atom stereocenters. The summed E-state index contributed by atoms with van der Waals surface area (Å²) in [6.45, 7) is 2.39. The fraction of sp³-hybridized carbons (Fsp3) is 0.400. The third-order valence-electron chi connectivity index (χ3n) is 1.91. The van der Waals surface area contributed by atoms with Gasteiger partial charge in [0.15, 0.2) is 0 Å². The molecule has 1 N–H and O–H groups in total. The van der Waals surface area contributed by atoms with Crippen LogP contribution in [0, 0.1) is 5.82 Å². The standard InChI is InChI=1S/C10H12BrClFNO/c1-2-15-10(14-12)5-7-3-4-8(11)6-9(7)13/h3-4,6,10,14H,2,5H2,1H3. The number of nitrogens with one attached hydrogen (secondary N) is 1. The molecule has 0 radical (unpaired) electrons. The van der Waals surface area contributed by atoms with Gasteiger partial charge in [0.25, 0.3) is 0 Å². The first-order valence-electron chi connectivity index (χ1n) is 4.59. The Hall–Kier alpha value is -0.160. The van der Waals surface area contributed by atoms with Gasteiger partial charge in [0.1, 0.15) is 12.0 Å². The summed E-state index contributed by atoms with van der Waals surface area (Å²) in [5.74, 6) is -0.263. The fourth-order valence-corrected chi connectivity index (χ4v) is 1.69. The van der Waals surface area contributed by atoms with Crippen molar-refractivity contribution in [2.45, 2.75) is 19.6 Å². The van der Waals surface area contributed by atoms with Gasteiger partial charge in [-0.1, -0.05) is 22.0 Å². The van der Waals surface area contributed by atoms with Crippen molar-refractivity contribution in [1.82, 2.24) is 4.84 Å². The molecule has 0 fully saturated rings. The lowest BCUT2D eigenvalue weighted by molar-refractivity contribution is 0.0554. The van der Waals surface area contributed by atoms with Crippen LogP contribution in [0.1, 0.15) is 12.5 Å². The Bertz CT molecular complexity index is 324. The number of hydrogen-bond donors (Lipinski definition) is 1. The number of hydrogen-bond acceptors (Lipinski definition) is 2. The lowest BCUT2D eigenvalue weighted by Gasteiger charge is -2.14. The smallest absolute Gasteiger partial charge is 0.127 e. The molecule has 5 heteroatoms. The molecule has 1 aromatic carbocycles. The molecule has 84 valence electrons. The van der Waals surface area contributed by atoms with E-state index < -0.39 is 0 Å². The van der Waals surface area contributed by atoms with Gasteiger partial charge in [-0.05, 0) is 36.4 Å². The first-order valence-corrected chi connectivity index (χ1v) is 5.76. The molecule has 0 aliphatic rings. The fourth-order valence-electron chi connectivity index (χ4n) is 1.22. The summed E-state index contributed by atoms with van der Waals surface area (Å²) in [4.78, 5) is 2.46. The summed E-state index contributed by atoms with van der Waals surface area (Å²) in [6, 6.07) is 4.92. The van der Waals surface area contributed by atoms with Gasteiger partial charge in [-0.15, -0.1) is 0 Å². The Kier molecular flexibility index (Phi) is 5.53. The van der Waals surface area contributed by atoms with Crippen LogP contribution < -0.4 is 4.84 Å². The Labute approximate surface area is 102 Å². The molecule has 0 saturated carbocycles. The predicted octanol–water partition coefficient (Wildman–Crippen LogP) is 3.24. The predicted molar refractivity (Wildman–Crippen MR) is 62.2 cm³/mol. The van der Waals surface area contributed by atoms with Crippen LogP contribution in [0.15, 0.2) is 22.7 Å². The third-order valence-corrected chi connectivity index (χ3v) is 2.65. The lowest BCUT2D eigenvalue weighted by atomic mass is 10.1. The zero-order chi connectivity index (χ0) is 11.3. The molecule has 0 aromatic heterocycles. The van der Waals surface area contributed by atoms with E-state index in [1.165, 1.54) is 6.07 Å². The minimum absolute atomic E-state index is 0.263. The van der Waals surface area contributed by atoms with Crippen molar-refractivity contribution in [2.24, 2.45) is 0 Å². The van der Waals surface area contributed by atoms with Gasteiger partial charge in [0.05, 0.1) is 0 Å². The van der Waals surface area contributed by atoms with E-state index in [1.54, 1.807) is 12.1 Å². The highest BCUT2D eigenvalue weighted by atomic mass is 79.9. The van der Waals surface area contributed by atoms with E-state index in [2.05, 4.69) is 20.8 Å². The first kappa shape index (κ1) is 12.9. The van der Waals surface area contributed by atoms with E-state index in [0.29, 0.717) is 18.6 Å². The van der Waals surface area contributed by atoms with Crippen LogP contribution in [-0.2, 0) is 11.2 Å². The Balaban J connectivity index is 2.70. The zero-order valence-corrected chi connectivity index (χ0v) is 10.6. The summed E-state index contributed by atoms with van der Waals surface area (Å²) in [6.07, 6.45) is 0.0311. The monoisotopic (exact) mass is 295 g/mol. The second kappa shape index (κ2) is 6.43. The topological polar surface area (TPSA) is 21.3 Å². The van der Waals surface area contributed by atoms with Crippen LogP contribution in [0.25, 0.3) is 0 Å². The number of rotatable bonds is 5. The molecular weight excluding hydrogens is 284 g/mol. The summed E-state index contributed by atoms with van der Waals surface area (Å²) in [5.41, 5.74) is 0.574. The molecular formula is C10H12BrClFNO. The van der Waals surface area contributed by atoms with Crippen LogP contribution >= 0.6 is 27.7 Å².